The van der Waals surface area contributed by atoms with E-state index in [0.29, 0.717) is 18.9 Å². The maximum Gasteiger partial charge on any atom is 0.262 e. The number of nitrogens with zero attached hydrogens (tertiary/aromatic N) is 2. The Bertz CT molecular complexity index is 1150. The molecule has 0 unspecified atom stereocenters. The molecule has 33 heavy (non-hydrogen) atoms. The van der Waals surface area contributed by atoms with Crippen LogP contribution in [0.5, 0.6) is 0 Å². The summed E-state index contributed by atoms with van der Waals surface area (Å²) in [6.45, 7) is 4.79. The van der Waals surface area contributed by atoms with Gasteiger partial charge >= 0.3 is 0 Å². The van der Waals surface area contributed by atoms with Gasteiger partial charge in [-0.15, -0.1) is 0 Å². The summed E-state index contributed by atoms with van der Waals surface area (Å²) in [5.41, 5.74) is 0.917. The molecule has 1 N–H and O–H groups in total. The molecule has 10 heteroatoms. The Labute approximate surface area is 192 Å². The minimum absolute atomic E-state index is 0.114. The highest BCUT2D eigenvalue weighted by Gasteiger charge is 2.43. The topological polar surface area (TPSA) is 113 Å². The Balaban J connectivity index is 1.52. The van der Waals surface area contributed by atoms with Gasteiger partial charge in [0.2, 0.25) is 15.9 Å². The van der Waals surface area contributed by atoms with Gasteiger partial charge in [-0.25, -0.2) is 8.42 Å². The monoisotopic (exact) mass is 471 g/mol. The number of carbonyl (C=O) groups excluding carboxylic acids is 3. The minimum Gasteiger partial charge on any atom is -0.379 e. The van der Waals surface area contributed by atoms with Gasteiger partial charge in [-0.3, -0.25) is 19.3 Å². The van der Waals surface area contributed by atoms with Crippen LogP contribution in [0.4, 0.5) is 5.69 Å². The zero-order chi connectivity index (χ0) is 23.8. The molecule has 0 radical (unpaired) electrons. The summed E-state index contributed by atoms with van der Waals surface area (Å²) in [7, 11) is -3.65. The molecule has 2 aliphatic rings. The van der Waals surface area contributed by atoms with Gasteiger partial charge < -0.3 is 10.1 Å². The van der Waals surface area contributed by atoms with E-state index in [4.69, 9.17) is 4.74 Å². The Kier molecular flexibility index (Phi) is 6.33. The highest BCUT2D eigenvalue weighted by molar-refractivity contribution is 7.89. The number of sulfonamides is 1. The average molecular weight is 472 g/mol. The van der Waals surface area contributed by atoms with Crippen molar-refractivity contribution in [3.8, 4) is 0 Å². The molecule has 0 bridgehead atoms. The summed E-state index contributed by atoms with van der Waals surface area (Å²) in [6, 6.07) is 11.3. The third kappa shape index (κ3) is 4.29. The van der Waals surface area contributed by atoms with Gasteiger partial charge in [0.1, 0.15) is 6.04 Å². The molecular formula is C23H25N3O6S. The zero-order valence-corrected chi connectivity index (χ0v) is 19.2. The first kappa shape index (κ1) is 23.1. The molecule has 2 aromatic carbocycles. The Morgan fingerprint density at radius 1 is 0.939 bits per heavy atom. The van der Waals surface area contributed by atoms with Crippen LogP contribution in [0.15, 0.2) is 53.4 Å². The van der Waals surface area contributed by atoms with Gasteiger partial charge in [-0.1, -0.05) is 26.0 Å². The predicted molar refractivity (Wildman–Crippen MR) is 120 cm³/mol. The molecule has 9 nitrogen and oxygen atoms in total. The first-order valence-corrected chi connectivity index (χ1v) is 12.1. The zero-order valence-electron chi connectivity index (χ0n) is 18.4. The smallest absolute Gasteiger partial charge is 0.262 e. The number of rotatable bonds is 6. The second-order valence-electron chi connectivity index (χ2n) is 8.24. The largest absolute Gasteiger partial charge is 0.379 e. The van der Waals surface area contributed by atoms with Crippen molar-refractivity contribution in [3.63, 3.8) is 0 Å². The number of fused-ring (bicyclic) bond motifs is 1. The van der Waals surface area contributed by atoms with E-state index in [0.717, 1.165) is 4.90 Å². The van der Waals surface area contributed by atoms with Crippen molar-refractivity contribution in [1.29, 1.82) is 0 Å². The number of imide groups is 1. The minimum atomic E-state index is -3.65. The molecule has 4 rings (SSSR count). The summed E-state index contributed by atoms with van der Waals surface area (Å²) < 4.78 is 32.1. The van der Waals surface area contributed by atoms with Gasteiger partial charge in [0.05, 0.1) is 29.2 Å². The second-order valence-corrected chi connectivity index (χ2v) is 10.2. The van der Waals surface area contributed by atoms with Crippen LogP contribution in [0.3, 0.4) is 0 Å². The summed E-state index contributed by atoms with van der Waals surface area (Å²) in [6.07, 6.45) is 0. The van der Waals surface area contributed by atoms with Gasteiger partial charge in [-0.05, 0) is 42.3 Å². The number of morpholine rings is 1. The fraction of sp³-hybridized carbons (Fsp3) is 0.348. The van der Waals surface area contributed by atoms with E-state index >= 15 is 0 Å². The molecule has 174 valence electrons. The van der Waals surface area contributed by atoms with E-state index in [-0.39, 0.29) is 35.0 Å². The first-order chi connectivity index (χ1) is 15.7. The number of hydrogen-bond donors (Lipinski definition) is 1. The van der Waals surface area contributed by atoms with E-state index in [1.54, 1.807) is 38.1 Å². The molecule has 2 aliphatic heterocycles. The van der Waals surface area contributed by atoms with Crippen LogP contribution in [-0.2, 0) is 19.6 Å². The molecular weight excluding hydrogens is 446 g/mol. The van der Waals surface area contributed by atoms with Crippen molar-refractivity contribution >= 4 is 33.4 Å². The molecule has 0 saturated carbocycles. The van der Waals surface area contributed by atoms with Crippen molar-refractivity contribution in [2.75, 3.05) is 31.6 Å². The number of amides is 3. The molecule has 2 heterocycles. The maximum atomic E-state index is 13.1. The van der Waals surface area contributed by atoms with E-state index in [2.05, 4.69) is 5.32 Å². The lowest BCUT2D eigenvalue weighted by Gasteiger charge is -2.28. The Morgan fingerprint density at radius 2 is 1.48 bits per heavy atom. The van der Waals surface area contributed by atoms with E-state index in [1.807, 2.05) is 0 Å². The standard InChI is InChI=1S/C23H25N3O6S/c1-15(2)20(26-22(28)18-5-3-4-6-19(18)23(26)29)21(27)24-16-7-9-17(10-8-16)33(30,31)25-11-13-32-14-12-25/h3-10,15,20H,11-14H2,1-2H3,(H,24,27)/t20-/m1/s1. The molecule has 1 fully saturated rings. The highest BCUT2D eigenvalue weighted by atomic mass is 32.2. The highest BCUT2D eigenvalue weighted by Crippen LogP contribution is 2.28. The van der Waals surface area contributed by atoms with E-state index in [9.17, 15) is 22.8 Å². The predicted octanol–water partition coefficient (Wildman–Crippen LogP) is 1.97. The number of carbonyl (C=O) groups is 3. The van der Waals surface area contributed by atoms with Crippen LogP contribution < -0.4 is 5.32 Å². The Morgan fingerprint density at radius 3 is 2.00 bits per heavy atom. The third-order valence-electron chi connectivity index (χ3n) is 5.73. The molecule has 1 atom stereocenters. The quantitative estimate of drug-likeness (QED) is 0.645. The van der Waals surface area contributed by atoms with Crippen LogP contribution in [-0.4, -0.2) is 67.7 Å². The van der Waals surface area contributed by atoms with Crippen molar-refractivity contribution in [2.24, 2.45) is 5.92 Å². The summed E-state index contributed by atoms with van der Waals surface area (Å²) in [5, 5.41) is 2.71. The Hall–Kier alpha value is -3.08. The average Bonchev–Trinajstić information content (AvgIpc) is 3.05. The fourth-order valence-corrected chi connectivity index (χ4v) is 5.45. The van der Waals surface area contributed by atoms with Crippen LogP contribution >= 0.6 is 0 Å². The molecule has 1 saturated heterocycles. The normalized spacial score (nSPS) is 17.8. The SMILES string of the molecule is CC(C)[C@H](C(=O)Nc1ccc(S(=O)(=O)N2CCOCC2)cc1)N1C(=O)c2ccccc2C1=O. The first-order valence-electron chi connectivity index (χ1n) is 10.7. The van der Waals surface area contributed by atoms with E-state index in [1.165, 1.54) is 28.6 Å². The summed E-state index contributed by atoms with van der Waals surface area (Å²) in [4.78, 5) is 40.0. The molecule has 3 amide bonds. The van der Waals surface area contributed by atoms with Crippen molar-refractivity contribution in [1.82, 2.24) is 9.21 Å². The van der Waals surface area contributed by atoms with Crippen molar-refractivity contribution in [3.05, 3.63) is 59.7 Å². The summed E-state index contributed by atoms with van der Waals surface area (Å²) >= 11 is 0. The number of benzene rings is 2. The number of hydrogen-bond acceptors (Lipinski definition) is 6. The third-order valence-corrected chi connectivity index (χ3v) is 7.65. The number of nitrogens with one attached hydrogen (secondary N) is 1. The van der Waals surface area contributed by atoms with Crippen LogP contribution in [0.2, 0.25) is 0 Å². The lowest BCUT2D eigenvalue weighted by molar-refractivity contribution is -0.121. The lowest BCUT2D eigenvalue weighted by atomic mass is 10.0. The van der Waals surface area contributed by atoms with Crippen LogP contribution in [0.25, 0.3) is 0 Å². The summed E-state index contributed by atoms with van der Waals surface area (Å²) in [5.74, 6) is -1.87. The van der Waals surface area contributed by atoms with Crippen LogP contribution in [0.1, 0.15) is 34.6 Å². The fourth-order valence-electron chi connectivity index (χ4n) is 4.04. The molecule has 0 aliphatic carbocycles. The second kappa shape index (κ2) is 9.05. The van der Waals surface area contributed by atoms with E-state index < -0.39 is 33.8 Å². The van der Waals surface area contributed by atoms with Gasteiger partial charge in [0.25, 0.3) is 11.8 Å². The van der Waals surface area contributed by atoms with Gasteiger partial charge in [0, 0.05) is 18.8 Å². The number of ether oxygens (including phenoxy) is 1. The van der Waals surface area contributed by atoms with Crippen LogP contribution in [0, 0.1) is 5.92 Å². The van der Waals surface area contributed by atoms with Crippen molar-refractivity contribution in [2.45, 2.75) is 24.8 Å². The maximum absolute atomic E-state index is 13.1. The van der Waals surface area contributed by atoms with Gasteiger partial charge in [0.15, 0.2) is 0 Å². The molecule has 2 aromatic rings. The van der Waals surface area contributed by atoms with Crippen molar-refractivity contribution < 1.29 is 27.5 Å². The van der Waals surface area contributed by atoms with Gasteiger partial charge in [-0.2, -0.15) is 4.31 Å². The lowest BCUT2D eigenvalue weighted by Crippen LogP contribution is -2.50. The molecule has 0 spiro atoms. The molecule has 0 aromatic heterocycles. The number of anilines is 1.